The Kier molecular flexibility index (Phi) is 1.46. The molecule has 0 aromatic rings. The molecule has 1 aliphatic heterocycles. The second-order valence-electron chi connectivity index (χ2n) is 2.78. The topological polar surface area (TPSA) is 58.2 Å². The summed E-state index contributed by atoms with van der Waals surface area (Å²) < 4.78 is 0. The van der Waals surface area contributed by atoms with Gasteiger partial charge in [0.15, 0.2) is 0 Å². The predicted molar refractivity (Wildman–Crippen MR) is 42.2 cm³/mol. The second kappa shape index (κ2) is 2.48. The van der Waals surface area contributed by atoms with E-state index in [4.69, 9.17) is 0 Å². The van der Waals surface area contributed by atoms with Crippen LogP contribution in [0, 0.1) is 5.92 Å². The van der Waals surface area contributed by atoms with E-state index in [1.54, 1.807) is 18.2 Å². The zero-order chi connectivity index (χ0) is 8.55. The van der Waals surface area contributed by atoms with Crippen molar-refractivity contribution >= 4 is 11.9 Å². The smallest absolute Gasteiger partial charge is 0.321 e. The van der Waals surface area contributed by atoms with Crippen LogP contribution in [-0.4, -0.2) is 18.0 Å². The summed E-state index contributed by atoms with van der Waals surface area (Å²) in [6.45, 7) is 0. The fourth-order valence-electron chi connectivity index (χ4n) is 1.38. The number of allylic oxidation sites excluding steroid dienone is 2. The lowest BCUT2D eigenvalue weighted by Gasteiger charge is -2.28. The van der Waals surface area contributed by atoms with E-state index in [0.29, 0.717) is 0 Å². The molecule has 2 rings (SSSR count). The van der Waals surface area contributed by atoms with Gasteiger partial charge < -0.3 is 5.32 Å². The first kappa shape index (κ1) is 7.09. The Bertz CT molecular complexity index is 293. The minimum absolute atomic E-state index is 0.170. The summed E-state index contributed by atoms with van der Waals surface area (Å²) in [5, 5.41) is 4.84. The Morgan fingerprint density at radius 1 is 1.17 bits per heavy atom. The number of carbonyl (C=O) groups excluding carboxylic acids is 2. The van der Waals surface area contributed by atoms with E-state index in [9.17, 15) is 9.59 Å². The largest absolute Gasteiger partial charge is 0.330 e. The van der Waals surface area contributed by atoms with Crippen molar-refractivity contribution in [3.05, 3.63) is 24.3 Å². The second-order valence-corrected chi connectivity index (χ2v) is 2.78. The van der Waals surface area contributed by atoms with E-state index in [0.717, 1.165) is 0 Å². The Morgan fingerprint density at radius 2 is 1.92 bits per heavy atom. The fourth-order valence-corrected chi connectivity index (χ4v) is 1.38. The molecule has 2 atom stereocenters. The van der Waals surface area contributed by atoms with Gasteiger partial charge >= 0.3 is 6.03 Å². The van der Waals surface area contributed by atoms with Gasteiger partial charge in [-0.3, -0.25) is 10.1 Å². The third-order valence-corrected chi connectivity index (χ3v) is 1.97. The van der Waals surface area contributed by atoms with E-state index in [1.807, 2.05) is 6.08 Å². The highest BCUT2D eigenvalue weighted by Crippen LogP contribution is 2.15. The Balaban J connectivity index is 2.25. The molecule has 1 aliphatic carbocycles. The zero-order valence-corrected chi connectivity index (χ0v) is 6.28. The molecule has 1 fully saturated rings. The minimum Gasteiger partial charge on any atom is -0.330 e. The minimum atomic E-state index is -0.416. The van der Waals surface area contributed by atoms with Crippen LogP contribution in [0.3, 0.4) is 0 Å². The molecule has 0 radical (unpaired) electrons. The van der Waals surface area contributed by atoms with E-state index < -0.39 is 6.03 Å². The van der Waals surface area contributed by atoms with Crippen molar-refractivity contribution < 1.29 is 9.59 Å². The first-order valence-electron chi connectivity index (χ1n) is 3.74. The third kappa shape index (κ3) is 1.01. The molecule has 2 N–H and O–H groups in total. The average molecular weight is 164 g/mol. The average Bonchev–Trinajstić information content (AvgIpc) is 2.04. The molecule has 0 aromatic carbocycles. The van der Waals surface area contributed by atoms with Crippen LogP contribution in [-0.2, 0) is 4.79 Å². The number of hydrogen-bond donors (Lipinski definition) is 2. The number of imide groups is 1. The third-order valence-electron chi connectivity index (χ3n) is 1.97. The monoisotopic (exact) mass is 164 g/mol. The first-order valence-corrected chi connectivity index (χ1v) is 3.74. The normalized spacial score (nSPS) is 32.3. The Morgan fingerprint density at radius 3 is 2.75 bits per heavy atom. The van der Waals surface area contributed by atoms with Crippen molar-refractivity contribution in [2.24, 2.45) is 5.92 Å². The number of nitrogens with one attached hydrogen (secondary N) is 2. The van der Waals surface area contributed by atoms with Crippen LogP contribution in [0.1, 0.15) is 0 Å². The van der Waals surface area contributed by atoms with Crippen molar-refractivity contribution in [2.75, 3.05) is 0 Å². The fraction of sp³-hybridized carbons (Fsp3) is 0.250. The predicted octanol–water partition coefficient (Wildman–Crippen LogP) is -0.0634. The van der Waals surface area contributed by atoms with E-state index in [2.05, 4.69) is 10.6 Å². The maximum Gasteiger partial charge on any atom is 0.321 e. The summed E-state index contributed by atoms with van der Waals surface area (Å²) >= 11 is 0. The van der Waals surface area contributed by atoms with Gasteiger partial charge in [-0.05, 0) is 0 Å². The highest BCUT2D eigenvalue weighted by atomic mass is 16.2. The van der Waals surface area contributed by atoms with Crippen LogP contribution in [0.5, 0.6) is 0 Å². The van der Waals surface area contributed by atoms with E-state index in [-0.39, 0.29) is 17.9 Å². The van der Waals surface area contributed by atoms with Crippen LogP contribution in [0.25, 0.3) is 0 Å². The van der Waals surface area contributed by atoms with Crippen LogP contribution in [0.4, 0.5) is 4.79 Å². The van der Waals surface area contributed by atoms with E-state index in [1.165, 1.54) is 0 Å². The van der Waals surface area contributed by atoms with Gasteiger partial charge in [-0.2, -0.15) is 0 Å². The van der Waals surface area contributed by atoms with Gasteiger partial charge in [0.25, 0.3) is 0 Å². The van der Waals surface area contributed by atoms with Gasteiger partial charge in [-0.25, -0.2) is 4.79 Å². The van der Waals surface area contributed by atoms with Gasteiger partial charge in [0.05, 0.1) is 12.0 Å². The maximum atomic E-state index is 11.2. The van der Waals surface area contributed by atoms with Gasteiger partial charge in [-0.1, -0.05) is 24.3 Å². The first-order chi connectivity index (χ1) is 5.77. The van der Waals surface area contributed by atoms with Crippen LogP contribution < -0.4 is 10.6 Å². The van der Waals surface area contributed by atoms with Gasteiger partial charge in [0.2, 0.25) is 5.91 Å². The molecule has 0 aromatic heterocycles. The van der Waals surface area contributed by atoms with Crippen molar-refractivity contribution in [3.63, 3.8) is 0 Å². The summed E-state index contributed by atoms with van der Waals surface area (Å²) in [5.74, 6) is -0.475. The van der Waals surface area contributed by atoms with Crippen LogP contribution in [0.15, 0.2) is 24.3 Å². The molecule has 4 heteroatoms. The molecule has 1 saturated heterocycles. The lowest BCUT2D eigenvalue weighted by Crippen LogP contribution is -2.57. The molecule has 2 unspecified atom stereocenters. The summed E-state index contributed by atoms with van der Waals surface area (Å²) in [6, 6.07) is -0.586. The quantitative estimate of drug-likeness (QED) is 0.526. The Labute approximate surface area is 69.3 Å². The van der Waals surface area contributed by atoms with Crippen LogP contribution in [0.2, 0.25) is 0 Å². The summed E-state index contributed by atoms with van der Waals surface area (Å²) in [5.41, 5.74) is 0. The zero-order valence-electron chi connectivity index (χ0n) is 6.28. The number of fused-ring (bicyclic) bond motifs is 1. The number of hydrogen-bond acceptors (Lipinski definition) is 2. The van der Waals surface area contributed by atoms with Crippen molar-refractivity contribution in [1.82, 2.24) is 10.6 Å². The molecule has 4 nitrogen and oxygen atoms in total. The van der Waals surface area contributed by atoms with Gasteiger partial charge in [0.1, 0.15) is 0 Å². The molecule has 0 spiro atoms. The summed E-state index contributed by atoms with van der Waals surface area (Å²) in [6.07, 6.45) is 7.21. The number of carbonyl (C=O) groups is 2. The molecular formula is C8H8N2O2. The van der Waals surface area contributed by atoms with Crippen molar-refractivity contribution in [3.8, 4) is 0 Å². The van der Waals surface area contributed by atoms with Crippen molar-refractivity contribution in [2.45, 2.75) is 6.04 Å². The lowest BCUT2D eigenvalue weighted by atomic mass is 9.93. The molecular weight excluding hydrogens is 156 g/mol. The number of urea groups is 1. The van der Waals surface area contributed by atoms with E-state index >= 15 is 0 Å². The van der Waals surface area contributed by atoms with Gasteiger partial charge in [0, 0.05) is 0 Å². The maximum absolute atomic E-state index is 11.2. The Hall–Kier alpha value is -1.58. The lowest BCUT2D eigenvalue weighted by molar-refractivity contribution is -0.123. The highest BCUT2D eigenvalue weighted by molar-refractivity contribution is 5.99. The van der Waals surface area contributed by atoms with Crippen LogP contribution >= 0.6 is 0 Å². The molecule has 3 amide bonds. The number of rotatable bonds is 0. The molecule has 0 saturated carbocycles. The molecule has 12 heavy (non-hydrogen) atoms. The summed E-state index contributed by atoms with van der Waals surface area (Å²) in [7, 11) is 0. The molecule has 62 valence electrons. The summed E-state index contributed by atoms with van der Waals surface area (Å²) in [4.78, 5) is 22.0. The number of amides is 3. The molecule has 0 bridgehead atoms. The SMILES string of the molecule is O=C1NC(=O)C2C=CC=CC2N1. The molecule has 1 heterocycles. The standard InChI is InChI=1S/C8H8N2O2/c11-7-5-3-1-2-4-6(5)9-8(12)10-7/h1-6H,(H2,9,10,11,12). The molecule has 2 aliphatic rings. The van der Waals surface area contributed by atoms with Crippen molar-refractivity contribution in [1.29, 1.82) is 0 Å². The van der Waals surface area contributed by atoms with Gasteiger partial charge in [-0.15, -0.1) is 0 Å². The highest BCUT2D eigenvalue weighted by Gasteiger charge is 2.32.